The minimum absolute atomic E-state index is 0.0460. The molecule has 1 aliphatic heterocycles. The Morgan fingerprint density at radius 1 is 1.21 bits per heavy atom. The van der Waals surface area contributed by atoms with Crippen LogP contribution in [0.5, 0.6) is 11.5 Å². The number of aryl methyl sites for hydroxylation is 1. The van der Waals surface area contributed by atoms with Crippen molar-refractivity contribution in [2.75, 3.05) is 0 Å². The predicted octanol–water partition coefficient (Wildman–Crippen LogP) is 7.60. The highest BCUT2D eigenvalue weighted by Crippen LogP contribution is 2.55. The van der Waals surface area contributed by atoms with Gasteiger partial charge in [0.05, 0.1) is 18.2 Å². The maximum Gasteiger partial charge on any atom is 0.424 e. The van der Waals surface area contributed by atoms with E-state index in [-0.39, 0.29) is 17.9 Å². The molecule has 218 valence electrons. The normalized spacial score (nSPS) is 21.8. The third-order valence-electron chi connectivity index (χ3n) is 6.98. The monoisotopic (exact) mass is 563 g/mol. The molecule has 2 N–H and O–H groups in total. The molecule has 8 nitrogen and oxygen atoms in total. The summed E-state index contributed by atoms with van der Waals surface area (Å²) in [5.41, 5.74) is 1.94. The standard InChI is InChI=1S/C30H46NO7P/c1-9-10-11-12-23-16-26-28(25-15-20(6)13-14-24(25)22(8)37-26)27(17-23)38-39(34,30(33)36-19(4)5)31-21(7)29(32)35-18(2)3/h15-19,21,24-25,29,32H,8-14H2,1-7H3,(H,31,34). The van der Waals surface area contributed by atoms with E-state index >= 15 is 0 Å². The van der Waals surface area contributed by atoms with Gasteiger partial charge in [0, 0.05) is 17.4 Å². The summed E-state index contributed by atoms with van der Waals surface area (Å²) >= 11 is 0. The first-order valence-electron chi connectivity index (χ1n) is 14.2. The molecule has 1 heterocycles. The summed E-state index contributed by atoms with van der Waals surface area (Å²) in [6.07, 6.45) is 5.80. The molecule has 1 aromatic rings. The van der Waals surface area contributed by atoms with E-state index in [4.69, 9.17) is 18.7 Å². The van der Waals surface area contributed by atoms with Gasteiger partial charge in [-0.25, -0.2) is 14.4 Å². The van der Waals surface area contributed by atoms with Gasteiger partial charge in [-0.1, -0.05) is 38.0 Å². The van der Waals surface area contributed by atoms with Crippen molar-refractivity contribution in [3.8, 4) is 11.5 Å². The average molecular weight is 564 g/mol. The van der Waals surface area contributed by atoms with E-state index in [1.807, 2.05) is 12.1 Å². The van der Waals surface area contributed by atoms with E-state index in [2.05, 4.69) is 31.6 Å². The maximum absolute atomic E-state index is 14.3. The highest BCUT2D eigenvalue weighted by molar-refractivity contribution is 7.74. The number of nitrogens with one attached hydrogen (secondary N) is 1. The molecule has 0 saturated heterocycles. The maximum atomic E-state index is 14.3. The zero-order valence-corrected chi connectivity index (χ0v) is 25.4. The lowest BCUT2D eigenvalue weighted by Gasteiger charge is -2.38. The number of aliphatic hydroxyl groups is 1. The molecule has 3 rings (SSSR count). The average Bonchev–Trinajstić information content (AvgIpc) is 2.82. The van der Waals surface area contributed by atoms with Crippen LogP contribution in [0.25, 0.3) is 0 Å². The Bertz CT molecular complexity index is 1110. The van der Waals surface area contributed by atoms with Crippen molar-refractivity contribution >= 4 is 13.2 Å². The van der Waals surface area contributed by atoms with Crippen molar-refractivity contribution in [3.05, 3.63) is 47.2 Å². The molecule has 0 spiro atoms. The van der Waals surface area contributed by atoms with Crippen LogP contribution < -0.4 is 14.3 Å². The zero-order valence-electron chi connectivity index (χ0n) is 24.5. The number of ether oxygens (including phenoxy) is 3. The molecule has 1 aromatic carbocycles. The Morgan fingerprint density at radius 2 is 1.92 bits per heavy atom. The van der Waals surface area contributed by atoms with Crippen LogP contribution >= 0.6 is 7.52 Å². The molecule has 0 saturated carbocycles. The Labute approximate surface area is 233 Å². The number of carbonyl (C=O) groups is 1. The molecular weight excluding hydrogens is 517 g/mol. The van der Waals surface area contributed by atoms with Gasteiger partial charge in [0.1, 0.15) is 17.3 Å². The summed E-state index contributed by atoms with van der Waals surface area (Å²) in [6, 6.07) is 2.98. The number of allylic oxidation sites excluding steroid dienone is 3. The second-order valence-corrected chi connectivity index (χ2v) is 13.2. The van der Waals surface area contributed by atoms with Crippen molar-refractivity contribution in [3.63, 3.8) is 0 Å². The van der Waals surface area contributed by atoms with Crippen molar-refractivity contribution in [2.24, 2.45) is 5.92 Å². The number of benzene rings is 1. The van der Waals surface area contributed by atoms with Gasteiger partial charge in [-0.2, -0.15) is 0 Å². The first-order valence-corrected chi connectivity index (χ1v) is 15.8. The molecule has 0 bridgehead atoms. The fourth-order valence-electron chi connectivity index (χ4n) is 5.05. The number of rotatable bonds is 13. The summed E-state index contributed by atoms with van der Waals surface area (Å²) in [5, 5.41) is 13.2. The third kappa shape index (κ3) is 7.97. The van der Waals surface area contributed by atoms with E-state index in [0.717, 1.165) is 49.7 Å². The molecule has 9 heteroatoms. The Hall–Kier alpha value is -2.12. The van der Waals surface area contributed by atoms with Crippen LogP contribution in [-0.4, -0.2) is 35.4 Å². The number of unbranched alkanes of at least 4 members (excludes halogenated alkanes) is 2. The lowest BCUT2D eigenvalue weighted by atomic mass is 9.74. The second-order valence-electron chi connectivity index (χ2n) is 11.3. The first kappa shape index (κ1) is 31.4. The van der Waals surface area contributed by atoms with Crippen molar-refractivity contribution in [2.45, 2.75) is 117 Å². The lowest BCUT2D eigenvalue weighted by molar-refractivity contribution is -0.137. The number of hydrogen-bond acceptors (Lipinski definition) is 7. The van der Waals surface area contributed by atoms with E-state index in [0.29, 0.717) is 17.3 Å². The number of hydrogen-bond donors (Lipinski definition) is 2. The molecule has 5 unspecified atom stereocenters. The minimum Gasteiger partial charge on any atom is -0.462 e. The summed E-state index contributed by atoms with van der Waals surface area (Å²) in [6.45, 7) is 16.9. The first-order chi connectivity index (χ1) is 18.3. The Kier molecular flexibility index (Phi) is 10.9. The molecule has 5 atom stereocenters. The van der Waals surface area contributed by atoms with Gasteiger partial charge < -0.3 is 23.8 Å². The molecule has 1 aliphatic carbocycles. The van der Waals surface area contributed by atoms with E-state index in [1.165, 1.54) is 5.57 Å². The third-order valence-corrected chi connectivity index (χ3v) is 8.77. The molecule has 0 radical (unpaired) electrons. The summed E-state index contributed by atoms with van der Waals surface area (Å²) in [5.74, 6) is 1.59. The molecule has 0 aromatic heterocycles. The second kappa shape index (κ2) is 13.5. The molecule has 2 aliphatic rings. The van der Waals surface area contributed by atoms with Crippen LogP contribution in [0.1, 0.15) is 97.6 Å². The van der Waals surface area contributed by atoms with Gasteiger partial charge in [-0.15, -0.1) is 0 Å². The minimum atomic E-state index is -4.36. The van der Waals surface area contributed by atoms with Gasteiger partial charge in [-0.05, 0) is 84.9 Å². The van der Waals surface area contributed by atoms with Gasteiger partial charge in [-0.3, -0.25) is 0 Å². The smallest absolute Gasteiger partial charge is 0.424 e. The lowest BCUT2D eigenvalue weighted by Crippen LogP contribution is -2.41. The van der Waals surface area contributed by atoms with Gasteiger partial charge >= 0.3 is 13.2 Å². The van der Waals surface area contributed by atoms with Crippen LogP contribution in [0.3, 0.4) is 0 Å². The van der Waals surface area contributed by atoms with Crippen LogP contribution in [0.4, 0.5) is 4.79 Å². The quantitative estimate of drug-likeness (QED) is 0.109. The van der Waals surface area contributed by atoms with Crippen LogP contribution in [0.15, 0.2) is 36.1 Å². The molecule has 0 amide bonds. The Morgan fingerprint density at radius 3 is 2.56 bits per heavy atom. The highest BCUT2D eigenvalue weighted by Gasteiger charge is 2.44. The fraction of sp³-hybridized carbons (Fsp3) is 0.633. The van der Waals surface area contributed by atoms with E-state index in [1.54, 1.807) is 34.6 Å². The highest BCUT2D eigenvalue weighted by atomic mass is 31.2. The topological polar surface area (TPSA) is 103 Å². The summed E-state index contributed by atoms with van der Waals surface area (Å²) < 4.78 is 37.6. The Balaban J connectivity index is 2.09. The predicted molar refractivity (Wildman–Crippen MR) is 153 cm³/mol. The van der Waals surface area contributed by atoms with Crippen molar-refractivity contribution < 1.29 is 33.2 Å². The number of aliphatic hydroxyl groups excluding tert-OH is 1. The summed E-state index contributed by atoms with van der Waals surface area (Å²) in [4.78, 5) is 13.3. The number of fused-ring (bicyclic) bond motifs is 3. The molecular formula is C30H46NO7P. The van der Waals surface area contributed by atoms with Gasteiger partial charge in [0.15, 0.2) is 6.29 Å². The van der Waals surface area contributed by atoms with Crippen LogP contribution in [-0.2, 0) is 20.5 Å². The van der Waals surface area contributed by atoms with Gasteiger partial charge in [0.25, 0.3) is 0 Å². The van der Waals surface area contributed by atoms with E-state index in [9.17, 15) is 14.5 Å². The van der Waals surface area contributed by atoms with E-state index < -0.39 is 31.7 Å². The van der Waals surface area contributed by atoms with Crippen LogP contribution in [0, 0.1) is 5.92 Å². The summed E-state index contributed by atoms with van der Waals surface area (Å²) in [7, 11) is -4.36. The zero-order chi connectivity index (χ0) is 28.9. The molecule has 39 heavy (non-hydrogen) atoms. The van der Waals surface area contributed by atoms with Crippen molar-refractivity contribution in [1.82, 2.24) is 5.09 Å². The van der Waals surface area contributed by atoms with Crippen LogP contribution in [0.2, 0.25) is 0 Å². The number of carbonyl (C=O) groups excluding carboxylic acids is 1. The SMILES string of the molecule is C=C1Oc2cc(CCCCC)cc(OP(=O)(NC(C)C(O)OC(C)C)C(=O)OC(C)C)c2C2C=C(C)CCC12. The molecule has 0 fully saturated rings. The van der Waals surface area contributed by atoms with Crippen molar-refractivity contribution in [1.29, 1.82) is 0 Å². The van der Waals surface area contributed by atoms with Gasteiger partial charge in [0.2, 0.25) is 0 Å². The fourth-order valence-corrected chi connectivity index (χ4v) is 6.73. The largest absolute Gasteiger partial charge is 0.462 e.